The van der Waals surface area contributed by atoms with Crippen molar-refractivity contribution < 1.29 is 9.32 Å². The monoisotopic (exact) mass is 308 g/mol. The number of hydrogen-bond donors (Lipinski definition) is 1. The van der Waals surface area contributed by atoms with Crippen LogP contribution in [0.5, 0.6) is 0 Å². The third-order valence-electron chi connectivity index (χ3n) is 2.55. The zero-order valence-corrected chi connectivity index (χ0v) is 11.7. The summed E-state index contributed by atoms with van der Waals surface area (Å²) in [7, 11) is 0. The SMILES string of the molecule is Cc1cc(C(=O)N[C@@H](C)c2cccc(Br)c2)on1. The van der Waals surface area contributed by atoms with Crippen LogP contribution in [0.4, 0.5) is 0 Å². The lowest BCUT2D eigenvalue weighted by Crippen LogP contribution is -2.26. The first-order valence-electron chi connectivity index (χ1n) is 5.56. The van der Waals surface area contributed by atoms with Gasteiger partial charge >= 0.3 is 0 Å². The van der Waals surface area contributed by atoms with E-state index in [1.165, 1.54) is 0 Å². The normalized spacial score (nSPS) is 12.2. The van der Waals surface area contributed by atoms with E-state index < -0.39 is 0 Å². The number of carbonyl (C=O) groups is 1. The van der Waals surface area contributed by atoms with E-state index >= 15 is 0 Å². The molecule has 0 saturated heterocycles. The second-order valence-electron chi connectivity index (χ2n) is 4.08. The molecule has 94 valence electrons. The summed E-state index contributed by atoms with van der Waals surface area (Å²) in [5, 5.41) is 6.55. The van der Waals surface area contributed by atoms with Crippen LogP contribution in [0.1, 0.15) is 34.8 Å². The van der Waals surface area contributed by atoms with Crippen LogP contribution in [0.25, 0.3) is 0 Å². The maximum absolute atomic E-state index is 11.9. The Bertz CT molecular complexity index is 566. The molecule has 1 aromatic heterocycles. The number of carbonyl (C=O) groups excluding carboxylic acids is 1. The Morgan fingerprint density at radius 2 is 2.22 bits per heavy atom. The van der Waals surface area contributed by atoms with Crippen LogP contribution in [-0.4, -0.2) is 11.1 Å². The molecule has 18 heavy (non-hydrogen) atoms. The number of nitrogens with one attached hydrogen (secondary N) is 1. The maximum atomic E-state index is 11.9. The molecule has 2 rings (SSSR count). The fourth-order valence-electron chi connectivity index (χ4n) is 1.60. The summed E-state index contributed by atoms with van der Waals surface area (Å²) in [6.07, 6.45) is 0. The molecule has 1 amide bonds. The van der Waals surface area contributed by atoms with Crippen molar-refractivity contribution in [2.45, 2.75) is 19.9 Å². The number of hydrogen-bond acceptors (Lipinski definition) is 3. The molecule has 0 aliphatic carbocycles. The van der Waals surface area contributed by atoms with Gasteiger partial charge in [0.25, 0.3) is 5.91 Å². The smallest absolute Gasteiger partial charge is 0.290 e. The van der Waals surface area contributed by atoms with Crippen molar-refractivity contribution in [3.63, 3.8) is 0 Å². The highest BCUT2D eigenvalue weighted by Gasteiger charge is 2.15. The fraction of sp³-hybridized carbons (Fsp3) is 0.231. The van der Waals surface area contributed by atoms with Crippen LogP contribution in [0.15, 0.2) is 39.3 Å². The largest absolute Gasteiger partial charge is 0.351 e. The highest BCUT2D eigenvalue weighted by Crippen LogP contribution is 2.18. The number of amides is 1. The van der Waals surface area contributed by atoms with Crippen LogP contribution in [0.3, 0.4) is 0 Å². The lowest BCUT2D eigenvalue weighted by molar-refractivity contribution is 0.0902. The van der Waals surface area contributed by atoms with Crippen LogP contribution < -0.4 is 5.32 Å². The summed E-state index contributed by atoms with van der Waals surface area (Å²) in [6.45, 7) is 3.70. The van der Waals surface area contributed by atoms with E-state index in [2.05, 4.69) is 26.4 Å². The first-order valence-corrected chi connectivity index (χ1v) is 6.35. The average molecular weight is 309 g/mol. The van der Waals surface area contributed by atoms with Gasteiger partial charge < -0.3 is 9.84 Å². The molecule has 1 aromatic carbocycles. The minimum atomic E-state index is -0.261. The molecule has 4 nitrogen and oxygen atoms in total. The quantitative estimate of drug-likeness (QED) is 0.947. The number of benzene rings is 1. The Balaban J connectivity index is 2.07. The predicted molar refractivity (Wildman–Crippen MR) is 71.3 cm³/mol. The van der Waals surface area contributed by atoms with Gasteiger partial charge in [-0.3, -0.25) is 4.79 Å². The van der Waals surface area contributed by atoms with Crippen molar-refractivity contribution >= 4 is 21.8 Å². The molecule has 0 fully saturated rings. The van der Waals surface area contributed by atoms with Gasteiger partial charge in [-0.15, -0.1) is 0 Å². The Morgan fingerprint density at radius 3 is 2.83 bits per heavy atom. The Morgan fingerprint density at radius 1 is 1.44 bits per heavy atom. The highest BCUT2D eigenvalue weighted by atomic mass is 79.9. The molecular formula is C13H13BrN2O2. The van der Waals surface area contributed by atoms with E-state index in [-0.39, 0.29) is 17.7 Å². The summed E-state index contributed by atoms with van der Waals surface area (Å²) in [6, 6.07) is 9.32. The molecule has 0 aliphatic heterocycles. The number of halogens is 1. The number of aromatic nitrogens is 1. The van der Waals surface area contributed by atoms with Gasteiger partial charge in [0.15, 0.2) is 0 Å². The number of rotatable bonds is 3. The minimum absolute atomic E-state index is 0.0968. The van der Waals surface area contributed by atoms with E-state index in [9.17, 15) is 4.79 Å². The minimum Gasteiger partial charge on any atom is -0.351 e. The third kappa shape index (κ3) is 2.98. The van der Waals surface area contributed by atoms with E-state index in [4.69, 9.17) is 4.52 Å². The van der Waals surface area contributed by atoms with Gasteiger partial charge in [-0.2, -0.15) is 0 Å². The Kier molecular flexibility index (Phi) is 3.81. The van der Waals surface area contributed by atoms with E-state index in [0.717, 1.165) is 10.0 Å². The molecule has 1 N–H and O–H groups in total. The zero-order valence-electron chi connectivity index (χ0n) is 10.1. The van der Waals surface area contributed by atoms with Gasteiger partial charge in [-0.1, -0.05) is 33.2 Å². The van der Waals surface area contributed by atoms with Crippen molar-refractivity contribution in [3.05, 3.63) is 51.8 Å². The first-order chi connectivity index (χ1) is 8.56. The third-order valence-corrected chi connectivity index (χ3v) is 3.04. The zero-order chi connectivity index (χ0) is 13.1. The standard InChI is InChI=1S/C13H13BrN2O2/c1-8-6-12(18-16-8)13(17)15-9(2)10-4-3-5-11(14)7-10/h3-7,9H,1-2H3,(H,15,17)/t9-/m0/s1. The number of nitrogens with zero attached hydrogens (tertiary/aromatic N) is 1. The molecule has 1 heterocycles. The molecule has 0 radical (unpaired) electrons. The predicted octanol–water partition coefficient (Wildman–Crippen LogP) is 3.24. The molecular weight excluding hydrogens is 296 g/mol. The van der Waals surface area contributed by atoms with Gasteiger partial charge in [0, 0.05) is 10.5 Å². The van der Waals surface area contributed by atoms with Crippen molar-refractivity contribution in [3.8, 4) is 0 Å². The fourth-order valence-corrected chi connectivity index (χ4v) is 2.01. The van der Waals surface area contributed by atoms with Gasteiger partial charge in [-0.05, 0) is 31.5 Å². The molecule has 0 aliphatic rings. The summed E-state index contributed by atoms with van der Waals surface area (Å²) in [5.74, 6) is -0.0302. The molecule has 1 atom stereocenters. The van der Waals surface area contributed by atoms with Crippen LogP contribution in [-0.2, 0) is 0 Å². The summed E-state index contributed by atoms with van der Waals surface area (Å²) >= 11 is 3.40. The lowest BCUT2D eigenvalue weighted by atomic mass is 10.1. The second kappa shape index (κ2) is 5.35. The highest BCUT2D eigenvalue weighted by molar-refractivity contribution is 9.10. The topological polar surface area (TPSA) is 55.1 Å². The summed E-state index contributed by atoms with van der Waals surface area (Å²) in [4.78, 5) is 11.9. The van der Waals surface area contributed by atoms with E-state index in [1.807, 2.05) is 31.2 Å². The summed E-state index contributed by atoms with van der Waals surface area (Å²) in [5.41, 5.74) is 1.71. The van der Waals surface area contributed by atoms with Crippen LogP contribution in [0, 0.1) is 6.92 Å². The maximum Gasteiger partial charge on any atom is 0.290 e. The molecule has 5 heteroatoms. The molecule has 0 spiro atoms. The van der Waals surface area contributed by atoms with Crippen molar-refractivity contribution in [1.29, 1.82) is 0 Å². The molecule has 0 saturated carbocycles. The van der Waals surface area contributed by atoms with Gasteiger partial charge in [0.1, 0.15) is 0 Å². The Labute approximate surface area is 113 Å². The van der Waals surface area contributed by atoms with Crippen LogP contribution in [0.2, 0.25) is 0 Å². The van der Waals surface area contributed by atoms with Gasteiger partial charge in [0.05, 0.1) is 11.7 Å². The van der Waals surface area contributed by atoms with E-state index in [1.54, 1.807) is 13.0 Å². The van der Waals surface area contributed by atoms with E-state index in [0.29, 0.717) is 5.69 Å². The van der Waals surface area contributed by atoms with Gasteiger partial charge in [0.2, 0.25) is 5.76 Å². The lowest BCUT2D eigenvalue weighted by Gasteiger charge is -2.13. The van der Waals surface area contributed by atoms with Crippen molar-refractivity contribution in [2.75, 3.05) is 0 Å². The Hall–Kier alpha value is -1.62. The molecule has 0 unspecified atom stereocenters. The van der Waals surface area contributed by atoms with Crippen molar-refractivity contribution in [2.24, 2.45) is 0 Å². The second-order valence-corrected chi connectivity index (χ2v) is 5.00. The molecule has 2 aromatic rings. The van der Waals surface area contributed by atoms with Crippen molar-refractivity contribution in [1.82, 2.24) is 10.5 Å². The van der Waals surface area contributed by atoms with Gasteiger partial charge in [-0.25, -0.2) is 0 Å². The molecule has 0 bridgehead atoms. The number of aryl methyl sites for hydroxylation is 1. The average Bonchev–Trinajstić information content (AvgIpc) is 2.76. The van der Waals surface area contributed by atoms with Crippen LogP contribution >= 0.6 is 15.9 Å². The summed E-state index contributed by atoms with van der Waals surface area (Å²) < 4.78 is 5.90. The first kappa shape index (κ1) is 12.8.